The molecule has 45 heavy (non-hydrogen) atoms. The smallest absolute Gasteiger partial charge is 0.0641 e. The Morgan fingerprint density at radius 2 is 1.00 bits per heavy atom. The highest BCUT2D eigenvalue weighted by molar-refractivity contribution is 7.25. The number of rotatable bonds is 3. The van der Waals surface area contributed by atoms with Crippen molar-refractivity contribution in [2.24, 2.45) is 0 Å². The van der Waals surface area contributed by atoms with Crippen molar-refractivity contribution in [3.8, 4) is 22.5 Å². The lowest BCUT2D eigenvalue weighted by Gasteiger charge is -2.12. The van der Waals surface area contributed by atoms with Crippen LogP contribution in [-0.2, 0) is 0 Å². The molecule has 210 valence electrons. The summed E-state index contributed by atoms with van der Waals surface area (Å²) < 4.78 is 7.60. The first-order valence-electron chi connectivity index (χ1n) is 15.4. The van der Waals surface area contributed by atoms with E-state index < -0.39 is 0 Å². The number of thiophene rings is 1. The van der Waals surface area contributed by atoms with Gasteiger partial charge in [0.05, 0.1) is 27.8 Å². The first kappa shape index (κ1) is 24.8. The van der Waals surface area contributed by atoms with Gasteiger partial charge in [0.2, 0.25) is 0 Å². The molecular formula is C42H26N2S. The monoisotopic (exact) mass is 590 g/mol. The summed E-state index contributed by atoms with van der Waals surface area (Å²) in [6.45, 7) is 0. The SMILES string of the molecule is c1ccc(-c2ccc(-n3c4ccccc4c4ccc5c(c6ccccc6n5-c5cccc6sc7ccccc7c56)c43)cc2)cc1. The molecule has 0 amide bonds. The Labute approximate surface area is 263 Å². The van der Waals surface area contributed by atoms with Gasteiger partial charge in [-0.3, -0.25) is 0 Å². The van der Waals surface area contributed by atoms with Crippen LogP contribution in [0.5, 0.6) is 0 Å². The van der Waals surface area contributed by atoms with Crippen molar-refractivity contribution in [2.75, 3.05) is 0 Å². The molecule has 0 aliphatic carbocycles. The lowest BCUT2D eigenvalue weighted by Crippen LogP contribution is -1.96. The van der Waals surface area contributed by atoms with Crippen molar-refractivity contribution in [3.63, 3.8) is 0 Å². The normalized spacial score (nSPS) is 12.0. The van der Waals surface area contributed by atoms with E-state index in [-0.39, 0.29) is 0 Å². The Hall–Kier alpha value is -5.64. The van der Waals surface area contributed by atoms with Gasteiger partial charge in [0, 0.05) is 47.4 Å². The maximum atomic E-state index is 2.49. The summed E-state index contributed by atoms with van der Waals surface area (Å²) in [5.41, 5.74) is 9.75. The van der Waals surface area contributed by atoms with Gasteiger partial charge in [-0.05, 0) is 59.7 Å². The summed E-state index contributed by atoms with van der Waals surface area (Å²) in [6.07, 6.45) is 0. The summed E-state index contributed by atoms with van der Waals surface area (Å²) in [5, 5.41) is 7.71. The van der Waals surface area contributed by atoms with Crippen molar-refractivity contribution in [2.45, 2.75) is 0 Å². The molecule has 10 aromatic rings. The van der Waals surface area contributed by atoms with Gasteiger partial charge in [0.1, 0.15) is 0 Å². The van der Waals surface area contributed by atoms with Crippen LogP contribution in [0.2, 0.25) is 0 Å². The van der Waals surface area contributed by atoms with Crippen LogP contribution in [0.1, 0.15) is 0 Å². The highest BCUT2D eigenvalue weighted by Crippen LogP contribution is 2.44. The molecular weight excluding hydrogens is 565 g/mol. The van der Waals surface area contributed by atoms with Crippen LogP contribution in [0.25, 0.3) is 86.3 Å². The molecule has 3 heteroatoms. The van der Waals surface area contributed by atoms with Gasteiger partial charge in [-0.25, -0.2) is 0 Å². The molecule has 0 saturated carbocycles. The zero-order valence-electron chi connectivity index (χ0n) is 24.3. The fourth-order valence-electron chi connectivity index (χ4n) is 7.41. The molecule has 2 nitrogen and oxygen atoms in total. The topological polar surface area (TPSA) is 9.86 Å². The van der Waals surface area contributed by atoms with E-state index in [4.69, 9.17) is 0 Å². The lowest BCUT2D eigenvalue weighted by atomic mass is 10.1. The second-order valence-electron chi connectivity index (χ2n) is 11.7. The minimum atomic E-state index is 1.16. The standard InChI is InChI=1S/C42H26N2S/c1-2-11-27(12-3-1)28-21-23-29(24-22-28)43-34-16-7-4-13-30(34)31-25-26-37-41(42(31)43)32-14-5-8-17-35(32)44(37)36-18-10-20-39-40(36)33-15-6-9-19-38(33)45-39/h1-26H. The minimum Gasteiger partial charge on any atom is -0.309 e. The molecule has 0 fully saturated rings. The second-order valence-corrected chi connectivity index (χ2v) is 12.8. The Bertz CT molecular complexity index is 2740. The number of para-hydroxylation sites is 2. The zero-order valence-corrected chi connectivity index (χ0v) is 25.1. The van der Waals surface area contributed by atoms with Gasteiger partial charge in [-0.2, -0.15) is 0 Å². The first-order valence-corrected chi connectivity index (χ1v) is 16.2. The van der Waals surface area contributed by atoms with Crippen LogP contribution < -0.4 is 0 Å². The average Bonchev–Trinajstić information content (AvgIpc) is 3.76. The molecule has 7 aromatic carbocycles. The Kier molecular flexibility index (Phi) is 5.19. The summed E-state index contributed by atoms with van der Waals surface area (Å²) >= 11 is 1.87. The number of aromatic nitrogens is 2. The van der Waals surface area contributed by atoms with Crippen molar-refractivity contribution < 1.29 is 0 Å². The molecule has 0 saturated heterocycles. The lowest BCUT2D eigenvalue weighted by molar-refractivity contribution is 1.18. The summed E-state index contributed by atoms with van der Waals surface area (Å²) in [7, 11) is 0. The summed E-state index contributed by atoms with van der Waals surface area (Å²) in [4.78, 5) is 0. The van der Waals surface area contributed by atoms with E-state index in [2.05, 4.69) is 167 Å². The maximum absolute atomic E-state index is 2.49. The van der Waals surface area contributed by atoms with Gasteiger partial charge < -0.3 is 9.13 Å². The zero-order chi connectivity index (χ0) is 29.5. The molecule has 3 heterocycles. The predicted molar refractivity (Wildman–Crippen MR) is 193 cm³/mol. The molecule has 0 bridgehead atoms. The highest BCUT2D eigenvalue weighted by atomic mass is 32.1. The van der Waals surface area contributed by atoms with Crippen LogP contribution in [0.15, 0.2) is 158 Å². The number of fused-ring (bicyclic) bond motifs is 10. The largest absolute Gasteiger partial charge is 0.309 e. The molecule has 10 rings (SSSR count). The Morgan fingerprint density at radius 3 is 1.82 bits per heavy atom. The molecule has 3 aromatic heterocycles. The Balaban J connectivity index is 1.34. The van der Waals surface area contributed by atoms with E-state index in [0.717, 1.165) is 5.69 Å². The fourth-order valence-corrected chi connectivity index (χ4v) is 8.54. The third kappa shape index (κ3) is 3.50. The quantitative estimate of drug-likeness (QED) is 0.194. The van der Waals surface area contributed by atoms with Gasteiger partial charge in [-0.15, -0.1) is 11.3 Å². The molecule has 0 radical (unpaired) electrons. The third-order valence-corrected chi connectivity index (χ3v) is 10.5. The number of hydrogen-bond acceptors (Lipinski definition) is 1. The van der Waals surface area contributed by atoms with Gasteiger partial charge in [0.25, 0.3) is 0 Å². The summed E-state index contributed by atoms with van der Waals surface area (Å²) in [5.74, 6) is 0. The van der Waals surface area contributed by atoms with Gasteiger partial charge in [-0.1, -0.05) is 109 Å². The Morgan fingerprint density at radius 1 is 0.356 bits per heavy atom. The van der Waals surface area contributed by atoms with E-state index in [1.54, 1.807) is 0 Å². The van der Waals surface area contributed by atoms with E-state index in [1.807, 2.05) is 11.3 Å². The second kappa shape index (κ2) is 9.43. The molecule has 0 aliphatic heterocycles. The van der Waals surface area contributed by atoms with E-state index in [0.29, 0.717) is 0 Å². The maximum Gasteiger partial charge on any atom is 0.0641 e. The van der Waals surface area contributed by atoms with Crippen LogP contribution in [0.4, 0.5) is 0 Å². The fraction of sp³-hybridized carbons (Fsp3) is 0. The number of benzene rings is 7. The van der Waals surface area contributed by atoms with Gasteiger partial charge >= 0.3 is 0 Å². The molecule has 0 unspecified atom stereocenters. The average molecular weight is 591 g/mol. The van der Waals surface area contributed by atoms with Crippen molar-refractivity contribution in [3.05, 3.63) is 158 Å². The minimum absolute atomic E-state index is 1.16. The van der Waals surface area contributed by atoms with E-state index >= 15 is 0 Å². The number of nitrogens with zero attached hydrogens (tertiary/aromatic N) is 2. The number of hydrogen-bond donors (Lipinski definition) is 0. The van der Waals surface area contributed by atoms with Crippen molar-refractivity contribution in [1.82, 2.24) is 9.13 Å². The van der Waals surface area contributed by atoms with Crippen LogP contribution in [0, 0.1) is 0 Å². The van der Waals surface area contributed by atoms with Crippen LogP contribution in [0.3, 0.4) is 0 Å². The molecule has 0 atom stereocenters. The predicted octanol–water partition coefficient (Wildman–Crippen LogP) is 11.9. The van der Waals surface area contributed by atoms with Crippen LogP contribution >= 0.6 is 11.3 Å². The van der Waals surface area contributed by atoms with E-state index in [1.165, 1.54) is 80.6 Å². The van der Waals surface area contributed by atoms with E-state index in [9.17, 15) is 0 Å². The molecule has 0 spiro atoms. The highest BCUT2D eigenvalue weighted by Gasteiger charge is 2.22. The van der Waals surface area contributed by atoms with Gasteiger partial charge in [0.15, 0.2) is 0 Å². The third-order valence-electron chi connectivity index (χ3n) is 9.32. The molecule has 0 aliphatic rings. The van der Waals surface area contributed by atoms with Crippen molar-refractivity contribution in [1.29, 1.82) is 0 Å². The molecule has 0 N–H and O–H groups in total. The van der Waals surface area contributed by atoms with Crippen LogP contribution in [-0.4, -0.2) is 9.13 Å². The van der Waals surface area contributed by atoms with Crippen molar-refractivity contribution >= 4 is 75.1 Å². The summed E-state index contributed by atoms with van der Waals surface area (Å²) in [6, 6.07) is 57.6. The first-order chi connectivity index (χ1) is 22.3.